The summed E-state index contributed by atoms with van der Waals surface area (Å²) in [6.45, 7) is 9.05. The first-order valence-electron chi connectivity index (χ1n) is 7.18. The third-order valence-electron chi connectivity index (χ3n) is 3.08. The van der Waals surface area contributed by atoms with Crippen molar-refractivity contribution in [3.8, 4) is 0 Å². The topological polar surface area (TPSA) is 67.4 Å². The van der Waals surface area contributed by atoms with Crippen molar-refractivity contribution in [2.45, 2.75) is 40.7 Å². The number of benzene rings is 1. The first kappa shape index (κ1) is 17.2. The van der Waals surface area contributed by atoms with Gasteiger partial charge in [0.05, 0.1) is 0 Å². The summed E-state index contributed by atoms with van der Waals surface area (Å²) in [4.78, 5) is 22.7. The average molecular weight is 292 g/mol. The molecule has 2 N–H and O–H groups in total. The Morgan fingerprint density at radius 1 is 1.19 bits per heavy atom. The Morgan fingerprint density at radius 3 is 2.33 bits per heavy atom. The van der Waals surface area contributed by atoms with Crippen LogP contribution in [0.3, 0.4) is 0 Å². The lowest BCUT2D eigenvalue weighted by atomic mass is 10.0. The van der Waals surface area contributed by atoms with Crippen LogP contribution in [0.1, 0.15) is 37.0 Å². The molecule has 0 bridgehead atoms. The highest BCUT2D eigenvalue weighted by molar-refractivity contribution is 5.92. The molecule has 116 valence electrons. The van der Waals surface area contributed by atoms with Gasteiger partial charge in [-0.05, 0) is 37.1 Å². The number of anilines is 1. The highest BCUT2D eigenvalue weighted by Gasteiger charge is 2.09. The van der Waals surface area contributed by atoms with Crippen molar-refractivity contribution < 1.29 is 14.3 Å². The van der Waals surface area contributed by atoms with E-state index in [1.165, 1.54) is 6.92 Å². The number of hydrogen-bond acceptors (Lipinski definition) is 4. The smallest absolute Gasteiger partial charge is 0.302 e. The maximum atomic E-state index is 11.9. The van der Waals surface area contributed by atoms with E-state index in [1.807, 2.05) is 32.9 Å². The van der Waals surface area contributed by atoms with Crippen molar-refractivity contribution in [3.63, 3.8) is 0 Å². The molecule has 0 aliphatic heterocycles. The summed E-state index contributed by atoms with van der Waals surface area (Å²) >= 11 is 0. The van der Waals surface area contributed by atoms with E-state index >= 15 is 0 Å². The van der Waals surface area contributed by atoms with Gasteiger partial charge in [0.25, 0.3) is 0 Å². The van der Waals surface area contributed by atoms with Crippen LogP contribution in [0.25, 0.3) is 0 Å². The van der Waals surface area contributed by atoms with E-state index in [-0.39, 0.29) is 18.5 Å². The van der Waals surface area contributed by atoms with Crippen molar-refractivity contribution in [1.29, 1.82) is 0 Å². The molecular weight excluding hydrogens is 268 g/mol. The van der Waals surface area contributed by atoms with Crippen molar-refractivity contribution in [3.05, 3.63) is 28.8 Å². The van der Waals surface area contributed by atoms with Gasteiger partial charge in [-0.25, -0.2) is 0 Å². The van der Waals surface area contributed by atoms with Crippen LogP contribution in [0.2, 0.25) is 0 Å². The molecule has 0 fully saturated rings. The van der Waals surface area contributed by atoms with Crippen molar-refractivity contribution >= 4 is 17.6 Å². The highest BCUT2D eigenvalue weighted by Crippen LogP contribution is 2.23. The zero-order valence-corrected chi connectivity index (χ0v) is 13.2. The van der Waals surface area contributed by atoms with E-state index in [9.17, 15) is 9.59 Å². The van der Waals surface area contributed by atoms with Crippen LogP contribution in [0.5, 0.6) is 0 Å². The van der Waals surface area contributed by atoms with Crippen molar-refractivity contribution in [2.75, 3.05) is 18.4 Å². The molecule has 0 radical (unpaired) electrons. The summed E-state index contributed by atoms with van der Waals surface area (Å²) in [5, 5.41) is 6.06. The SMILES string of the molecule is CCNCCC(=O)Nc1c(C)cc(COC(C)=O)cc1C. The number of esters is 1. The number of amides is 1. The molecule has 0 heterocycles. The second-order valence-electron chi connectivity index (χ2n) is 5.04. The Hall–Kier alpha value is -1.88. The van der Waals surface area contributed by atoms with E-state index in [1.54, 1.807) is 0 Å². The summed E-state index contributed by atoms with van der Waals surface area (Å²) in [6, 6.07) is 3.85. The quantitative estimate of drug-likeness (QED) is 0.598. The second kappa shape index (κ2) is 8.42. The van der Waals surface area contributed by atoms with Crippen LogP contribution < -0.4 is 10.6 Å². The third kappa shape index (κ3) is 5.95. The fraction of sp³-hybridized carbons (Fsp3) is 0.500. The molecule has 0 saturated carbocycles. The van der Waals surface area contributed by atoms with Gasteiger partial charge in [-0.3, -0.25) is 9.59 Å². The number of hydrogen-bond donors (Lipinski definition) is 2. The molecule has 0 atom stereocenters. The van der Waals surface area contributed by atoms with Crippen LogP contribution in [0.4, 0.5) is 5.69 Å². The zero-order chi connectivity index (χ0) is 15.8. The minimum Gasteiger partial charge on any atom is -0.461 e. The average Bonchev–Trinajstić information content (AvgIpc) is 2.41. The molecule has 21 heavy (non-hydrogen) atoms. The fourth-order valence-electron chi connectivity index (χ4n) is 2.10. The lowest BCUT2D eigenvalue weighted by Crippen LogP contribution is -2.22. The minimum atomic E-state index is -0.300. The minimum absolute atomic E-state index is 0.00474. The number of carbonyl (C=O) groups is 2. The molecule has 0 spiro atoms. The fourth-order valence-corrected chi connectivity index (χ4v) is 2.10. The van der Waals surface area contributed by atoms with Crippen molar-refractivity contribution in [2.24, 2.45) is 0 Å². The van der Waals surface area contributed by atoms with Gasteiger partial charge >= 0.3 is 5.97 Å². The Labute approximate surface area is 126 Å². The zero-order valence-electron chi connectivity index (χ0n) is 13.2. The lowest BCUT2D eigenvalue weighted by molar-refractivity contribution is -0.142. The normalized spacial score (nSPS) is 10.3. The number of ether oxygens (including phenoxy) is 1. The molecule has 5 heteroatoms. The molecule has 0 saturated heterocycles. The van der Waals surface area contributed by atoms with Crippen molar-refractivity contribution in [1.82, 2.24) is 5.32 Å². The van der Waals surface area contributed by atoms with E-state index in [4.69, 9.17) is 4.74 Å². The van der Waals surface area contributed by atoms with Crippen LogP contribution in [0, 0.1) is 13.8 Å². The summed E-state index contributed by atoms with van der Waals surface area (Å²) < 4.78 is 4.99. The van der Waals surface area contributed by atoms with E-state index in [0.29, 0.717) is 13.0 Å². The molecule has 1 aromatic carbocycles. The van der Waals surface area contributed by atoms with E-state index < -0.39 is 0 Å². The van der Waals surface area contributed by atoms with Gasteiger partial charge in [0.1, 0.15) is 6.61 Å². The van der Waals surface area contributed by atoms with Crippen LogP contribution >= 0.6 is 0 Å². The highest BCUT2D eigenvalue weighted by atomic mass is 16.5. The molecule has 0 aromatic heterocycles. The maximum Gasteiger partial charge on any atom is 0.302 e. The van der Waals surface area contributed by atoms with Gasteiger partial charge in [0.2, 0.25) is 5.91 Å². The molecule has 1 rings (SSSR count). The van der Waals surface area contributed by atoms with Gasteiger partial charge in [-0.15, -0.1) is 0 Å². The Morgan fingerprint density at radius 2 is 1.81 bits per heavy atom. The Bertz CT molecular complexity index is 489. The number of carbonyl (C=O) groups excluding carboxylic acids is 2. The van der Waals surface area contributed by atoms with Crippen LogP contribution in [0.15, 0.2) is 12.1 Å². The summed E-state index contributed by atoms with van der Waals surface area (Å²) in [5.41, 5.74) is 3.69. The van der Waals surface area contributed by atoms with Crippen LogP contribution in [-0.4, -0.2) is 25.0 Å². The summed E-state index contributed by atoms with van der Waals surface area (Å²) in [5.74, 6) is -0.305. The number of nitrogens with one attached hydrogen (secondary N) is 2. The number of rotatable bonds is 7. The second-order valence-corrected chi connectivity index (χ2v) is 5.04. The largest absolute Gasteiger partial charge is 0.461 e. The van der Waals surface area contributed by atoms with Gasteiger partial charge < -0.3 is 15.4 Å². The van der Waals surface area contributed by atoms with Gasteiger partial charge in [0.15, 0.2) is 0 Å². The Balaban J connectivity index is 2.71. The summed E-state index contributed by atoms with van der Waals surface area (Å²) in [7, 11) is 0. The molecule has 0 aliphatic rings. The van der Waals surface area contributed by atoms with Gasteiger partial charge in [-0.2, -0.15) is 0 Å². The monoisotopic (exact) mass is 292 g/mol. The molecule has 5 nitrogen and oxygen atoms in total. The molecule has 1 aromatic rings. The molecule has 0 aliphatic carbocycles. The summed E-state index contributed by atoms with van der Waals surface area (Å²) in [6.07, 6.45) is 0.446. The van der Waals surface area contributed by atoms with Gasteiger partial charge in [0, 0.05) is 25.6 Å². The standard InChI is InChI=1S/C16H24N2O3/c1-5-17-7-6-15(20)18-16-11(2)8-14(9-12(16)3)10-21-13(4)19/h8-9,17H,5-7,10H2,1-4H3,(H,18,20). The number of aryl methyl sites for hydroxylation is 2. The first-order valence-corrected chi connectivity index (χ1v) is 7.18. The predicted octanol–water partition coefficient (Wildman–Crippen LogP) is 2.30. The Kier molecular flexibility index (Phi) is 6.88. The van der Waals surface area contributed by atoms with E-state index in [0.717, 1.165) is 28.9 Å². The maximum absolute atomic E-state index is 11.9. The van der Waals surface area contributed by atoms with E-state index in [2.05, 4.69) is 10.6 Å². The predicted molar refractivity (Wildman–Crippen MR) is 83.2 cm³/mol. The lowest BCUT2D eigenvalue weighted by Gasteiger charge is -2.14. The molecule has 0 unspecified atom stereocenters. The molecular formula is C16H24N2O3. The van der Waals surface area contributed by atoms with Gasteiger partial charge in [-0.1, -0.05) is 19.1 Å². The third-order valence-corrected chi connectivity index (χ3v) is 3.08. The first-order chi connectivity index (χ1) is 9.93. The van der Waals surface area contributed by atoms with Crippen LogP contribution in [-0.2, 0) is 20.9 Å². The molecule has 1 amide bonds.